The van der Waals surface area contributed by atoms with Crippen LogP contribution in [0.1, 0.15) is 37.3 Å². The summed E-state index contributed by atoms with van der Waals surface area (Å²) >= 11 is 0. The highest BCUT2D eigenvalue weighted by Crippen LogP contribution is 2.37. The van der Waals surface area contributed by atoms with Gasteiger partial charge in [-0.1, -0.05) is 12.1 Å². The van der Waals surface area contributed by atoms with Crippen LogP contribution in [0.25, 0.3) is 22.3 Å². The summed E-state index contributed by atoms with van der Waals surface area (Å²) < 4.78 is 8.04. The first-order chi connectivity index (χ1) is 18.6. The second kappa shape index (κ2) is 10.4. The Morgan fingerprint density at radius 1 is 0.921 bits per heavy atom. The first-order valence-corrected chi connectivity index (χ1v) is 13.3. The average Bonchev–Trinajstić information content (AvgIpc) is 3.35. The normalized spacial score (nSPS) is 20.8. The summed E-state index contributed by atoms with van der Waals surface area (Å²) in [6, 6.07) is 18.0. The van der Waals surface area contributed by atoms with E-state index in [1.54, 1.807) is 12.1 Å². The number of likely N-dealkylation sites (N-methyl/N-ethyl adjacent to an activating group) is 1. The average molecular weight is 509 g/mol. The molecule has 2 N–H and O–H groups in total. The van der Waals surface area contributed by atoms with Gasteiger partial charge < -0.3 is 15.4 Å². The Bertz CT molecular complexity index is 1460. The van der Waals surface area contributed by atoms with Crippen molar-refractivity contribution in [3.8, 4) is 28.8 Å². The summed E-state index contributed by atoms with van der Waals surface area (Å²) in [6.45, 7) is 4.62. The molecular weight excluding hydrogens is 476 g/mol. The number of anilines is 1. The van der Waals surface area contributed by atoms with Gasteiger partial charge in [0, 0.05) is 37.8 Å². The molecular formula is C29H32N8O. The van der Waals surface area contributed by atoms with Crippen molar-refractivity contribution in [3.05, 3.63) is 60.4 Å². The van der Waals surface area contributed by atoms with E-state index < -0.39 is 0 Å². The number of para-hydroxylation sites is 1. The van der Waals surface area contributed by atoms with E-state index in [2.05, 4.69) is 37.6 Å². The molecule has 0 spiro atoms. The first kappa shape index (κ1) is 24.3. The molecule has 2 aromatic carbocycles. The number of piperazine rings is 1. The molecule has 1 saturated heterocycles. The predicted molar refractivity (Wildman–Crippen MR) is 147 cm³/mol. The molecule has 0 atom stereocenters. The zero-order chi connectivity index (χ0) is 26.1. The van der Waals surface area contributed by atoms with Gasteiger partial charge in [0.05, 0.1) is 17.0 Å². The molecule has 0 radical (unpaired) electrons. The first-order valence-electron chi connectivity index (χ1n) is 13.3. The van der Waals surface area contributed by atoms with E-state index in [1.165, 1.54) is 19.2 Å². The van der Waals surface area contributed by atoms with Crippen LogP contribution < -0.4 is 10.5 Å². The molecule has 38 heavy (non-hydrogen) atoms. The molecule has 9 nitrogen and oxygen atoms in total. The van der Waals surface area contributed by atoms with Crippen molar-refractivity contribution >= 4 is 16.9 Å². The minimum Gasteiger partial charge on any atom is -0.456 e. The van der Waals surface area contributed by atoms with Crippen molar-refractivity contribution < 1.29 is 4.74 Å². The molecule has 0 unspecified atom stereocenters. The van der Waals surface area contributed by atoms with E-state index in [0.29, 0.717) is 28.9 Å². The number of nitrogens with two attached hydrogens (primary N) is 1. The van der Waals surface area contributed by atoms with Crippen LogP contribution in [-0.4, -0.2) is 68.8 Å². The zero-order valence-corrected chi connectivity index (χ0v) is 21.6. The van der Waals surface area contributed by atoms with Gasteiger partial charge in [0.1, 0.15) is 35.4 Å². The number of benzene rings is 2. The number of rotatable bonds is 5. The number of hydrogen-bond donors (Lipinski definition) is 1. The number of ether oxygens (including phenoxy) is 1. The van der Waals surface area contributed by atoms with Crippen molar-refractivity contribution in [2.24, 2.45) is 0 Å². The molecule has 3 heterocycles. The lowest BCUT2D eigenvalue weighted by Crippen LogP contribution is -2.49. The van der Waals surface area contributed by atoms with Crippen molar-refractivity contribution in [2.75, 3.05) is 39.0 Å². The SMILES string of the molecule is CN1CCN([C@H]2CC[C@@H](n3nc(-c4ccc(Oc5ccccc5C#N)cc4)c4c(N)ncnc43)CC2)CC1. The third kappa shape index (κ3) is 4.69. The standard InChI is InChI=1S/C29H32N8O/c1-35-14-16-36(17-15-35)22-8-10-23(11-9-22)37-29-26(28(31)32-19-33-29)27(34-37)20-6-12-24(13-7-20)38-25-5-3-2-4-21(25)18-30/h2-7,12-13,19,22-23H,8-11,14-17H2,1H3,(H2,31,32,33)/t22-,23+. The Hall–Kier alpha value is -4.00. The Morgan fingerprint density at radius 2 is 1.63 bits per heavy atom. The molecule has 1 aliphatic heterocycles. The Balaban J connectivity index is 1.24. The van der Waals surface area contributed by atoms with Crippen LogP contribution in [0.4, 0.5) is 5.82 Å². The van der Waals surface area contributed by atoms with E-state index in [-0.39, 0.29) is 6.04 Å². The van der Waals surface area contributed by atoms with Crippen molar-refractivity contribution in [2.45, 2.75) is 37.8 Å². The minimum absolute atomic E-state index is 0.286. The molecule has 2 fully saturated rings. The van der Waals surface area contributed by atoms with Gasteiger partial charge in [0.2, 0.25) is 0 Å². The summed E-state index contributed by atoms with van der Waals surface area (Å²) in [6.07, 6.45) is 6.01. The van der Waals surface area contributed by atoms with Gasteiger partial charge in [0.25, 0.3) is 0 Å². The fourth-order valence-electron chi connectivity index (χ4n) is 5.76. The molecule has 0 bridgehead atoms. The van der Waals surface area contributed by atoms with Gasteiger partial charge in [-0.05, 0) is 69.1 Å². The Kier molecular flexibility index (Phi) is 6.66. The Labute approximate surface area is 222 Å². The van der Waals surface area contributed by atoms with E-state index in [9.17, 15) is 5.26 Å². The van der Waals surface area contributed by atoms with Crippen LogP contribution in [-0.2, 0) is 0 Å². The third-order valence-corrected chi connectivity index (χ3v) is 7.95. The molecule has 2 aliphatic rings. The van der Waals surface area contributed by atoms with Crippen LogP contribution in [0.15, 0.2) is 54.9 Å². The van der Waals surface area contributed by atoms with Gasteiger partial charge in [0.15, 0.2) is 5.65 Å². The molecule has 6 rings (SSSR count). The highest BCUT2D eigenvalue weighted by Gasteiger charge is 2.30. The lowest BCUT2D eigenvalue weighted by Gasteiger charge is -2.41. The highest BCUT2D eigenvalue weighted by molar-refractivity contribution is 5.98. The molecule has 0 amide bonds. The van der Waals surface area contributed by atoms with E-state index in [0.717, 1.165) is 61.3 Å². The number of nitriles is 1. The Morgan fingerprint density at radius 3 is 2.37 bits per heavy atom. The molecule has 9 heteroatoms. The van der Waals surface area contributed by atoms with E-state index in [1.807, 2.05) is 36.4 Å². The van der Waals surface area contributed by atoms with Crippen molar-refractivity contribution in [1.29, 1.82) is 5.26 Å². The number of nitrogen functional groups attached to an aromatic ring is 1. The molecule has 194 valence electrons. The molecule has 1 saturated carbocycles. The van der Waals surface area contributed by atoms with Gasteiger partial charge in [-0.3, -0.25) is 4.90 Å². The van der Waals surface area contributed by atoms with Crippen LogP contribution in [0.3, 0.4) is 0 Å². The summed E-state index contributed by atoms with van der Waals surface area (Å²) in [5.41, 5.74) is 9.35. The lowest BCUT2D eigenvalue weighted by molar-refractivity contribution is 0.0815. The second-order valence-electron chi connectivity index (χ2n) is 10.3. The molecule has 1 aliphatic carbocycles. The quantitative estimate of drug-likeness (QED) is 0.421. The molecule has 2 aromatic heterocycles. The highest BCUT2D eigenvalue weighted by atomic mass is 16.5. The van der Waals surface area contributed by atoms with Crippen molar-refractivity contribution in [3.63, 3.8) is 0 Å². The summed E-state index contributed by atoms with van der Waals surface area (Å²) in [5.74, 6) is 1.61. The third-order valence-electron chi connectivity index (χ3n) is 7.95. The monoisotopic (exact) mass is 508 g/mol. The summed E-state index contributed by atoms with van der Waals surface area (Å²) in [5, 5.41) is 15.2. The van der Waals surface area contributed by atoms with Gasteiger partial charge in [-0.25, -0.2) is 14.6 Å². The number of hydrogen-bond acceptors (Lipinski definition) is 8. The van der Waals surface area contributed by atoms with Gasteiger partial charge >= 0.3 is 0 Å². The maximum atomic E-state index is 9.35. The maximum absolute atomic E-state index is 9.35. The second-order valence-corrected chi connectivity index (χ2v) is 10.3. The molecule has 4 aromatic rings. The largest absolute Gasteiger partial charge is 0.456 e. The predicted octanol–water partition coefficient (Wildman–Crippen LogP) is 4.47. The summed E-state index contributed by atoms with van der Waals surface area (Å²) in [4.78, 5) is 14.0. The van der Waals surface area contributed by atoms with Gasteiger partial charge in [-0.15, -0.1) is 0 Å². The van der Waals surface area contributed by atoms with Crippen LogP contribution in [0.5, 0.6) is 11.5 Å². The summed E-state index contributed by atoms with van der Waals surface area (Å²) in [7, 11) is 2.20. The van der Waals surface area contributed by atoms with Crippen LogP contribution in [0.2, 0.25) is 0 Å². The van der Waals surface area contributed by atoms with E-state index >= 15 is 0 Å². The number of fused-ring (bicyclic) bond motifs is 1. The number of aromatic nitrogens is 4. The fourth-order valence-corrected chi connectivity index (χ4v) is 5.76. The smallest absolute Gasteiger partial charge is 0.164 e. The minimum atomic E-state index is 0.286. The van der Waals surface area contributed by atoms with Crippen LogP contribution >= 0.6 is 0 Å². The van der Waals surface area contributed by atoms with E-state index in [4.69, 9.17) is 15.6 Å². The lowest BCUT2D eigenvalue weighted by atomic mass is 9.90. The fraction of sp³-hybridized carbons (Fsp3) is 0.379. The van der Waals surface area contributed by atoms with Gasteiger partial charge in [-0.2, -0.15) is 10.4 Å². The topological polar surface area (TPSA) is 109 Å². The zero-order valence-electron chi connectivity index (χ0n) is 21.6. The number of nitrogens with zero attached hydrogens (tertiary/aromatic N) is 7. The maximum Gasteiger partial charge on any atom is 0.164 e. The van der Waals surface area contributed by atoms with Crippen LogP contribution in [0, 0.1) is 11.3 Å². The van der Waals surface area contributed by atoms with Crippen molar-refractivity contribution in [1.82, 2.24) is 29.5 Å².